The Morgan fingerprint density at radius 1 is 1.42 bits per heavy atom. The van der Waals surface area contributed by atoms with E-state index in [9.17, 15) is 4.79 Å². The first-order chi connectivity index (χ1) is 5.54. The molecule has 2 heteroatoms. The Hall–Kier alpha value is -0.790. The van der Waals surface area contributed by atoms with Gasteiger partial charge in [0, 0.05) is 0 Å². The average molecular weight is 170 g/mol. The molecule has 0 amide bonds. The number of rotatable bonds is 5. The van der Waals surface area contributed by atoms with Crippen molar-refractivity contribution in [1.82, 2.24) is 0 Å². The second-order valence-electron chi connectivity index (χ2n) is 3.49. The molecule has 1 atom stereocenters. The van der Waals surface area contributed by atoms with Gasteiger partial charge in [-0.25, -0.2) is 0 Å². The molecular weight excluding hydrogens is 152 g/mol. The summed E-state index contributed by atoms with van der Waals surface area (Å²) < 4.78 is 0. The highest BCUT2D eigenvalue weighted by molar-refractivity contribution is 5.69. The third-order valence-corrected chi connectivity index (χ3v) is 1.71. The van der Waals surface area contributed by atoms with Gasteiger partial charge in [0.25, 0.3) is 0 Å². The summed E-state index contributed by atoms with van der Waals surface area (Å²) in [6.07, 6.45) is 5.77. The van der Waals surface area contributed by atoms with Gasteiger partial charge in [0.05, 0.1) is 5.92 Å². The van der Waals surface area contributed by atoms with E-state index in [2.05, 4.69) is 26.0 Å². The molecule has 0 aromatic rings. The van der Waals surface area contributed by atoms with Gasteiger partial charge in [-0.2, -0.15) is 0 Å². The van der Waals surface area contributed by atoms with Crippen LogP contribution in [-0.2, 0) is 4.79 Å². The smallest absolute Gasteiger partial charge is 0.306 e. The molecule has 0 rings (SSSR count). The molecule has 0 aliphatic heterocycles. The summed E-state index contributed by atoms with van der Waals surface area (Å²) in [5, 5.41) is 8.57. The first kappa shape index (κ1) is 11.2. The largest absolute Gasteiger partial charge is 0.481 e. The monoisotopic (exact) mass is 170 g/mol. The molecule has 1 N–H and O–H groups in total. The molecule has 0 aromatic heterocycles. The zero-order valence-electron chi connectivity index (χ0n) is 8.08. The van der Waals surface area contributed by atoms with Crippen LogP contribution in [0.2, 0.25) is 0 Å². The van der Waals surface area contributed by atoms with Gasteiger partial charge in [0.2, 0.25) is 0 Å². The highest BCUT2D eigenvalue weighted by atomic mass is 16.4. The quantitative estimate of drug-likeness (QED) is 0.644. The van der Waals surface area contributed by atoms with Crippen molar-refractivity contribution in [2.75, 3.05) is 0 Å². The number of allylic oxidation sites excluding steroid dienone is 2. The Morgan fingerprint density at radius 3 is 2.42 bits per heavy atom. The number of carbonyl (C=O) groups is 1. The van der Waals surface area contributed by atoms with Gasteiger partial charge in [0.1, 0.15) is 0 Å². The van der Waals surface area contributed by atoms with Crippen molar-refractivity contribution in [3.05, 3.63) is 12.2 Å². The molecule has 0 heterocycles. The maximum absolute atomic E-state index is 10.4. The molecule has 0 saturated carbocycles. The third kappa shape index (κ3) is 5.96. The van der Waals surface area contributed by atoms with Gasteiger partial charge in [-0.3, -0.25) is 4.79 Å². The minimum Gasteiger partial charge on any atom is -0.481 e. The Labute approximate surface area is 74.3 Å². The Kier molecular flexibility index (Phi) is 5.43. The maximum atomic E-state index is 10.4. The van der Waals surface area contributed by atoms with E-state index in [1.165, 1.54) is 0 Å². The molecule has 0 aliphatic rings. The first-order valence-corrected chi connectivity index (χ1v) is 4.43. The van der Waals surface area contributed by atoms with E-state index in [0.29, 0.717) is 5.92 Å². The fraction of sp³-hybridized carbons (Fsp3) is 0.700. The minimum absolute atomic E-state index is 0.221. The molecule has 0 saturated heterocycles. The summed E-state index contributed by atoms with van der Waals surface area (Å²) in [6.45, 7) is 5.96. The summed E-state index contributed by atoms with van der Waals surface area (Å²) in [4.78, 5) is 10.4. The predicted octanol–water partition coefficient (Wildman–Crippen LogP) is 2.70. The van der Waals surface area contributed by atoms with Gasteiger partial charge >= 0.3 is 5.97 Å². The van der Waals surface area contributed by atoms with Crippen LogP contribution in [0.15, 0.2) is 12.2 Å². The van der Waals surface area contributed by atoms with Crippen LogP contribution in [0.4, 0.5) is 0 Å². The molecule has 0 spiro atoms. The van der Waals surface area contributed by atoms with Crippen molar-refractivity contribution < 1.29 is 9.90 Å². The van der Waals surface area contributed by atoms with E-state index in [0.717, 1.165) is 12.8 Å². The van der Waals surface area contributed by atoms with Crippen LogP contribution in [-0.4, -0.2) is 11.1 Å². The van der Waals surface area contributed by atoms with Gasteiger partial charge in [-0.15, -0.1) is 0 Å². The average Bonchev–Trinajstić information content (AvgIpc) is 1.97. The lowest BCUT2D eigenvalue weighted by Gasteiger charge is -2.02. The van der Waals surface area contributed by atoms with E-state index in [1.807, 2.05) is 0 Å². The van der Waals surface area contributed by atoms with E-state index in [1.54, 1.807) is 6.92 Å². The second kappa shape index (κ2) is 5.81. The first-order valence-electron chi connectivity index (χ1n) is 4.43. The predicted molar refractivity (Wildman–Crippen MR) is 50.0 cm³/mol. The summed E-state index contributed by atoms with van der Waals surface area (Å²) in [5.74, 6) is -0.361. The minimum atomic E-state index is -0.701. The summed E-state index contributed by atoms with van der Waals surface area (Å²) >= 11 is 0. The normalized spacial score (nSPS) is 14.0. The Morgan fingerprint density at radius 2 is 2.00 bits per heavy atom. The number of carboxylic acid groups (broad SMARTS) is 1. The molecule has 1 unspecified atom stereocenters. The summed E-state index contributed by atoms with van der Waals surface area (Å²) in [5.41, 5.74) is 0. The molecule has 0 radical (unpaired) electrons. The number of carboxylic acids is 1. The third-order valence-electron chi connectivity index (χ3n) is 1.71. The van der Waals surface area contributed by atoms with Gasteiger partial charge < -0.3 is 5.11 Å². The van der Waals surface area contributed by atoms with Gasteiger partial charge in [-0.05, 0) is 18.8 Å². The number of hydrogen-bond donors (Lipinski definition) is 1. The summed E-state index contributed by atoms with van der Waals surface area (Å²) in [6, 6.07) is 0. The van der Waals surface area contributed by atoms with Crippen LogP contribution in [0.25, 0.3) is 0 Å². The highest BCUT2D eigenvalue weighted by Crippen LogP contribution is 2.06. The van der Waals surface area contributed by atoms with Crippen molar-refractivity contribution in [3.8, 4) is 0 Å². The molecule has 0 aliphatic carbocycles. The molecule has 0 bridgehead atoms. The van der Waals surface area contributed by atoms with Crippen LogP contribution in [0.5, 0.6) is 0 Å². The molecule has 12 heavy (non-hydrogen) atoms. The molecule has 2 nitrogen and oxygen atoms in total. The fourth-order valence-corrected chi connectivity index (χ4v) is 0.838. The zero-order chi connectivity index (χ0) is 9.56. The molecule has 70 valence electrons. The topological polar surface area (TPSA) is 37.3 Å². The SMILES string of the molecule is CC(C)/C=C/CCC(C)C(=O)O. The maximum Gasteiger partial charge on any atom is 0.306 e. The van der Waals surface area contributed by atoms with Crippen molar-refractivity contribution in [3.63, 3.8) is 0 Å². The van der Waals surface area contributed by atoms with E-state index < -0.39 is 5.97 Å². The van der Waals surface area contributed by atoms with Crippen LogP contribution in [0, 0.1) is 11.8 Å². The molecule has 0 aromatic carbocycles. The fourth-order valence-electron chi connectivity index (χ4n) is 0.838. The second-order valence-corrected chi connectivity index (χ2v) is 3.49. The number of aliphatic carboxylic acids is 1. The van der Waals surface area contributed by atoms with Crippen LogP contribution < -0.4 is 0 Å². The van der Waals surface area contributed by atoms with E-state index >= 15 is 0 Å². The van der Waals surface area contributed by atoms with Crippen molar-refractivity contribution in [2.24, 2.45) is 11.8 Å². The zero-order valence-corrected chi connectivity index (χ0v) is 8.08. The van der Waals surface area contributed by atoms with E-state index in [4.69, 9.17) is 5.11 Å². The van der Waals surface area contributed by atoms with Crippen LogP contribution in [0.1, 0.15) is 33.6 Å². The Balaban J connectivity index is 3.49. The van der Waals surface area contributed by atoms with Crippen molar-refractivity contribution in [2.45, 2.75) is 33.6 Å². The van der Waals surface area contributed by atoms with Gasteiger partial charge in [0.15, 0.2) is 0 Å². The molecular formula is C10H18O2. The Bertz CT molecular complexity index is 159. The van der Waals surface area contributed by atoms with Crippen LogP contribution >= 0.6 is 0 Å². The molecule has 0 fully saturated rings. The van der Waals surface area contributed by atoms with Crippen LogP contribution in [0.3, 0.4) is 0 Å². The summed E-state index contributed by atoms with van der Waals surface area (Å²) in [7, 11) is 0. The lowest BCUT2D eigenvalue weighted by atomic mass is 10.1. The standard InChI is InChI=1S/C10H18O2/c1-8(2)6-4-5-7-9(3)10(11)12/h4,6,8-9H,5,7H2,1-3H3,(H,11,12)/b6-4+. The van der Waals surface area contributed by atoms with Crippen molar-refractivity contribution in [1.29, 1.82) is 0 Å². The van der Waals surface area contributed by atoms with Crippen molar-refractivity contribution >= 4 is 5.97 Å². The number of hydrogen-bond acceptors (Lipinski definition) is 1. The van der Waals surface area contributed by atoms with E-state index in [-0.39, 0.29) is 5.92 Å². The van der Waals surface area contributed by atoms with Gasteiger partial charge in [-0.1, -0.05) is 32.9 Å². The lowest BCUT2D eigenvalue weighted by molar-refractivity contribution is -0.141. The highest BCUT2D eigenvalue weighted by Gasteiger charge is 2.08. The lowest BCUT2D eigenvalue weighted by Crippen LogP contribution is -2.08.